The molecule has 1 aliphatic carbocycles. The zero-order chi connectivity index (χ0) is 13.9. The number of anilines is 3. The van der Waals surface area contributed by atoms with Crippen LogP contribution in [0.15, 0.2) is 0 Å². The Morgan fingerprint density at radius 2 is 1.95 bits per heavy atom. The second-order valence-electron chi connectivity index (χ2n) is 5.30. The molecule has 2 fully saturated rings. The Hall–Kier alpha value is -1.63. The van der Waals surface area contributed by atoms with Crippen molar-refractivity contribution in [2.24, 2.45) is 0 Å². The van der Waals surface area contributed by atoms with Crippen molar-refractivity contribution in [2.75, 3.05) is 55.5 Å². The lowest BCUT2D eigenvalue weighted by atomic mass is 9.92. The zero-order valence-electron chi connectivity index (χ0n) is 12.2. The Balaban J connectivity index is 1.85. The zero-order valence-corrected chi connectivity index (χ0v) is 12.2. The summed E-state index contributed by atoms with van der Waals surface area (Å²) in [6.45, 7) is 3.13. The van der Waals surface area contributed by atoms with Gasteiger partial charge in [0.25, 0.3) is 0 Å². The summed E-state index contributed by atoms with van der Waals surface area (Å²) in [7, 11) is 3.91. The third-order valence-electron chi connectivity index (χ3n) is 4.07. The van der Waals surface area contributed by atoms with E-state index in [2.05, 4.69) is 37.1 Å². The Labute approximate surface area is 119 Å². The molecule has 1 saturated heterocycles. The van der Waals surface area contributed by atoms with Crippen molar-refractivity contribution in [3.8, 4) is 0 Å². The molecule has 0 spiro atoms. The van der Waals surface area contributed by atoms with E-state index in [0.29, 0.717) is 12.0 Å². The van der Waals surface area contributed by atoms with Crippen LogP contribution in [0.1, 0.15) is 19.3 Å². The van der Waals surface area contributed by atoms with E-state index in [0.717, 1.165) is 38.2 Å². The fourth-order valence-corrected chi connectivity index (χ4v) is 2.47. The van der Waals surface area contributed by atoms with Gasteiger partial charge in [0, 0.05) is 33.2 Å². The van der Waals surface area contributed by atoms with Crippen molar-refractivity contribution >= 4 is 17.8 Å². The Morgan fingerprint density at radius 3 is 2.55 bits per heavy atom. The first-order valence-corrected chi connectivity index (χ1v) is 7.27. The summed E-state index contributed by atoms with van der Waals surface area (Å²) in [6.07, 6.45) is 3.75. The molecule has 0 radical (unpaired) electrons. The molecule has 20 heavy (non-hydrogen) atoms. The van der Waals surface area contributed by atoms with E-state index >= 15 is 0 Å². The molecule has 0 bridgehead atoms. The van der Waals surface area contributed by atoms with Gasteiger partial charge in [-0.2, -0.15) is 15.0 Å². The van der Waals surface area contributed by atoms with Gasteiger partial charge in [-0.1, -0.05) is 0 Å². The van der Waals surface area contributed by atoms with E-state index < -0.39 is 0 Å². The molecule has 1 N–H and O–H groups in total. The summed E-state index contributed by atoms with van der Waals surface area (Å²) in [5.74, 6) is 2.13. The van der Waals surface area contributed by atoms with Gasteiger partial charge in [0.2, 0.25) is 17.8 Å². The van der Waals surface area contributed by atoms with Crippen LogP contribution in [0, 0.1) is 0 Å². The molecular weight excluding hydrogens is 256 g/mol. The van der Waals surface area contributed by atoms with E-state index in [-0.39, 0.29) is 0 Å². The lowest BCUT2D eigenvalue weighted by Gasteiger charge is -2.35. The summed E-state index contributed by atoms with van der Waals surface area (Å²) >= 11 is 0. The number of ether oxygens (including phenoxy) is 1. The number of hydrogen-bond acceptors (Lipinski definition) is 7. The molecule has 1 aromatic rings. The first-order valence-electron chi connectivity index (χ1n) is 7.27. The number of hydrogen-bond donors (Lipinski definition) is 1. The van der Waals surface area contributed by atoms with E-state index in [1.807, 2.05) is 7.05 Å². The molecule has 7 nitrogen and oxygen atoms in total. The van der Waals surface area contributed by atoms with Crippen LogP contribution < -0.4 is 15.1 Å². The molecule has 3 rings (SSSR count). The largest absolute Gasteiger partial charge is 0.378 e. The predicted molar refractivity (Wildman–Crippen MR) is 78.4 cm³/mol. The highest BCUT2D eigenvalue weighted by molar-refractivity contribution is 5.45. The summed E-state index contributed by atoms with van der Waals surface area (Å²) < 4.78 is 5.38. The minimum Gasteiger partial charge on any atom is -0.378 e. The van der Waals surface area contributed by atoms with Crippen LogP contribution in [0.4, 0.5) is 17.8 Å². The smallest absolute Gasteiger partial charge is 0.232 e. The van der Waals surface area contributed by atoms with Crippen LogP contribution in [0.25, 0.3) is 0 Å². The highest BCUT2D eigenvalue weighted by Gasteiger charge is 2.25. The molecular formula is C13H22N6O. The average Bonchev–Trinajstić information content (AvgIpc) is 2.46. The van der Waals surface area contributed by atoms with Gasteiger partial charge in [0.05, 0.1) is 13.2 Å². The lowest BCUT2D eigenvalue weighted by Crippen LogP contribution is -2.40. The van der Waals surface area contributed by atoms with Crippen molar-refractivity contribution < 1.29 is 4.74 Å². The van der Waals surface area contributed by atoms with Crippen LogP contribution in [-0.2, 0) is 4.74 Å². The van der Waals surface area contributed by atoms with Gasteiger partial charge in [0.1, 0.15) is 0 Å². The van der Waals surface area contributed by atoms with Gasteiger partial charge >= 0.3 is 0 Å². The highest BCUT2D eigenvalue weighted by atomic mass is 16.5. The van der Waals surface area contributed by atoms with E-state index in [9.17, 15) is 0 Å². The van der Waals surface area contributed by atoms with Gasteiger partial charge in [-0.25, -0.2) is 0 Å². The molecule has 7 heteroatoms. The second kappa shape index (κ2) is 5.78. The Morgan fingerprint density at radius 1 is 1.20 bits per heavy atom. The highest BCUT2D eigenvalue weighted by Crippen LogP contribution is 2.27. The number of rotatable bonds is 4. The average molecular weight is 278 g/mol. The van der Waals surface area contributed by atoms with E-state index in [1.54, 1.807) is 0 Å². The minimum atomic E-state index is 0.569. The van der Waals surface area contributed by atoms with Crippen LogP contribution in [0.3, 0.4) is 0 Å². The van der Waals surface area contributed by atoms with Gasteiger partial charge < -0.3 is 19.9 Å². The van der Waals surface area contributed by atoms with E-state index in [1.165, 1.54) is 19.3 Å². The number of nitrogens with one attached hydrogen (secondary N) is 1. The molecule has 1 aliphatic heterocycles. The molecule has 0 atom stereocenters. The Kier molecular flexibility index (Phi) is 3.86. The van der Waals surface area contributed by atoms with Gasteiger partial charge in [-0.05, 0) is 19.3 Å². The third-order valence-corrected chi connectivity index (χ3v) is 4.07. The summed E-state index contributed by atoms with van der Waals surface area (Å²) in [5, 5.41) is 3.03. The van der Waals surface area contributed by atoms with Gasteiger partial charge in [-0.15, -0.1) is 0 Å². The summed E-state index contributed by atoms with van der Waals surface area (Å²) in [5.41, 5.74) is 0. The molecule has 0 amide bonds. The monoisotopic (exact) mass is 278 g/mol. The molecule has 0 unspecified atom stereocenters. The van der Waals surface area contributed by atoms with Crippen molar-refractivity contribution in [3.05, 3.63) is 0 Å². The molecule has 2 aliphatic rings. The standard InChI is InChI=1S/C13H22N6O/c1-14-11-15-12(18(2)10-4-3-5-10)17-13(16-11)19-6-8-20-9-7-19/h10H,3-9H2,1-2H3,(H,14,15,16,17). The SMILES string of the molecule is CNc1nc(N2CCOCC2)nc(N(C)C2CCC2)n1. The van der Waals surface area contributed by atoms with Gasteiger partial charge in [-0.3, -0.25) is 0 Å². The normalized spacial score (nSPS) is 19.6. The molecule has 2 heterocycles. The van der Waals surface area contributed by atoms with Crippen molar-refractivity contribution in [1.29, 1.82) is 0 Å². The van der Waals surface area contributed by atoms with Crippen molar-refractivity contribution in [2.45, 2.75) is 25.3 Å². The maximum atomic E-state index is 5.38. The lowest BCUT2D eigenvalue weighted by molar-refractivity contribution is 0.122. The quantitative estimate of drug-likeness (QED) is 0.871. The predicted octanol–water partition coefficient (Wildman–Crippen LogP) is 0.739. The fourth-order valence-electron chi connectivity index (χ4n) is 2.47. The fraction of sp³-hybridized carbons (Fsp3) is 0.769. The summed E-state index contributed by atoms with van der Waals surface area (Å²) in [6, 6.07) is 0.569. The van der Waals surface area contributed by atoms with E-state index in [4.69, 9.17) is 4.74 Å². The molecule has 1 saturated carbocycles. The first-order chi connectivity index (χ1) is 9.78. The number of nitrogens with zero attached hydrogens (tertiary/aromatic N) is 5. The topological polar surface area (TPSA) is 66.4 Å². The third kappa shape index (κ3) is 2.63. The maximum Gasteiger partial charge on any atom is 0.232 e. The van der Waals surface area contributed by atoms with Crippen molar-refractivity contribution in [1.82, 2.24) is 15.0 Å². The maximum absolute atomic E-state index is 5.38. The number of morpholine rings is 1. The van der Waals surface area contributed by atoms with Crippen LogP contribution >= 0.6 is 0 Å². The van der Waals surface area contributed by atoms with Crippen molar-refractivity contribution in [3.63, 3.8) is 0 Å². The minimum absolute atomic E-state index is 0.569. The first kappa shape index (κ1) is 13.4. The summed E-state index contributed by atoms with van der Waals surface area (Å²) in [4.78, 5) is 17.9. The number of aromatic nitrogens is 3. The molecule has 110 valence electrons. The molecule has 0 aromatic carbocycles. The second-order valence-corrected chi connectivity index (χ2v) is 5.30. The van der Waals surface area contributed by atoms with Crippen LogP contribution in [-0.4, -0.2) is 61.4 Å². The Bertz CT molecular complexity index is 438. The van der Waals surface area contributed by atoms with Crippen LogP contribution in [0.5, 0.6) is 0 Å². The molecule has 1 aromatic heterocycles. The van der Waals surface area contributed by atoms with Crippen LogP contribution in [0.2, 0.25) is 0 Å². The van der Waals surface area contributed by atoms with Gasteiger partial charge in [0.15, 0.2) is 0 Å².